The summed E-state index contributed by atoms with van der Waals surface area (Å²) < 4.78 is 9.96. The van der Waals surface area contributed by atoms with Crippen molar-refractivity contribution >= 4 is 5.91 Å². The summed E-state index contributed by atoms with van der Waals surface area (Å²) in [4.78, 5) is 12.9. The number of hydrogen-bond acceptors (Lipinski definition) is 5. The number of carbonyl (C=O) groups excluding carboxylic acids is 1. The molecule has 30 heavy (non-hydrogen) atoms. The van der Waals surface area contributed by atoms with Gasteiger partial charge in [-0.1, -0.05) is 30.3 Å². The number of nitrogens with one attached hydrogen (secondary N) is 1. The Morgan fingerprint density at radius 1 is 1.17 bits per heavy atom. The molecule has 8 nitrogen and oxygen atoms in total. The van der Waals surface area contributed by atoms with Gasteiger partial charge >= 0.3 is 0 Å². The first-order valence-corrected chi connectivity index (χ1v) is 10.6. The molecule has 2 aliphatic rings. The fourth-order valence-electron chi connectivity index (χ4n) is 4.15. The third kappa shape index (κ3) is 4.00. The highest BCUT2D eigenvalue weighted by Gasteiger charge is 2.37. The Bertz CT molecular complexity index is 994. The minimum atomic E-state index is -0.270. The van der Waals surface area contributed by atoms with E-state index >= 15 is 0 Å². The van der Waals surface area contributed by atoms with Gasteiger partial charge in [0.05, 0.1) is 18.2 Å². The number of ether oxygens (including phenoxy) is 1. The SMILES string of the molecule is O=C(NCCn1cnnc1C1CC1)[C@H]1CCO[C@@H]1c1ccnn1Cc1ccccc1. The molecule has 5 rings (SSSR count). The average molecular weight is 406 g/mol. The van der Waals surface area contributed by atoms with E-state index in [1.165, 1.54) is 18.4 Å². The molecule has 8 heteroatoms. The molecule has 1 saturated heterocycles. The molecule has 2 atom stereocenters. The maximum absolute atomic E-state index is 12.9. The Balaban J connectivity index is 1.21. The zero-order valence-corrected chi connectivity index (χ0v) is 16.9. The smallest absolute Gasteiger partial charge is 0.226 e. The molecule has 1 aliphatic heterocycles. The minimum absolute atomic E-state index is 0.0333. The van der Waals surface area contributed by atoms with Crippen molar-refractivity contribution in [2.75, 3.05) is 13.2 Å². The first kappa shape index (κ1) is 19.0. The molecule has 2 aromatic heterocycles. The summed E-state index contributed by atoms with van der Waals surface area (Å²) in [5, 5.41) is 15.8. The molecule has 156 valence electrons. The van der Waals surface area contributed by atoms with E-state index in [1.807, 2.05) is 28.9 Å². The van der Waals surface area contributed by atoms with Crippen LogP contribution in [-0.4, -0.2) is 43.6 Å². The molecule has 3 heterocycles. The first-order chi connectivity index (χ1) is 14.8. The average Bonchev–Trinajstić information content (AvgIpc) is 3.15. The fourth-order valence-corrected chi connectivity index (χ4v) is 4.15. The summed E-state index contributed by atoms with van der Waals surface area (Å²) in [5.41, 5.74) is 2.12. The van der Waals surface area contributed by atoms with Crippen LogP contribution in [-0.2, 0) is 22.6 Å². The van der Waals surface area contributed by atoms with E-state index in [4.69, 9.17) is 4.74 Å². The molecule has 1 N–H and O–H groups in total. The van der Waals surface area contributed by atoms with E-state index < -0.39 is 0 Å². The molecule has 0 bridgehead atoms. The number of carbonyl (C=O) groups is 1. The summed E-state index contributed by atoms with van der Waals surface area (Å²) in [6, 6.07) is 12.1. The van der Waals surface area contributed by atoms with Gasteiger partial charge < -0.3 is 14.6 Å². The summed E-state index contributed by atoms with van der Waals surface area (Å²) in [6.07, 6.45) is 6.34. The third-order valence-corrected chi connectivity index (χ3v) is 5.88. The van der Waals surface area contributed by atoms with Crippen molar-refractivity contribution in [1.29, 1.82) is 0 Å². The summed E-state index contributed by atoms with van der Waals surface area (Å²) >= 11 is 0. The quantitative estimate of drug-likeness (QED) is 0.620. The van der Waals surface area contributed by atoms with E-state index in [9.17, 15) is 4.79 Å². The zero-order chi connectivity index (χ0) is 20.3. The van der Waals surface area contributed by atoms with Crippen LogP contribution >= 0.6 is 0 Å². The van der Waals surface area contributed by atoms with Crippen LogP contribution in [0, 0.1) is 5.92 Å². The molecule has 0 unspecified atom stereocenters. The Labute approximate surface area is 175 Å². The van der Waals surface area contributed by atoms with Crippen LogP contribution in [0.3, 0.4) is 0 Å². The van der Waals surface area contributed by atoms with Gasteiger partial charge in [-0.25, -0.2) is 0 Å². The molecular formula is C22H26N6O2. The van der Waals surface area contributed by atoms with E-state index in [0.29, 0.717) is 38.6 Å². The van der Waals surface area contributed by atoms with E-state index in [0.717, 1.165) is 11.5 Å². The van der Waals surface area contributed by atoms with Crippen LogP contribution in [0.5, 0.6) is 0 Å². The van der Waals surface area contributed by atoms with Gasteiger partial charge in [-0.15, -0.1) is 10.2 Å². The van der Waals surface area contributed by atoms with E-state index in [1.54, 1.807) is 12.5 Å². The van der Waals surface area contributed by atoms with Crippen molar-refractivity contribution < 1.29 is 9.53 Å². The van der Waals surface area contributed by atoms with Crippen LogP contribution in [0.4, 0.5) is 0 Å². The zero-order valence-electron chi connectivity index (χ0n) is 16.9. The molecule has 1 saturated carbocycles. The highest BCUT2D eigenvalue weighted by atomic mass is 16.5. The molecule has 1 aromatic carbocycles. The number of rotatable bonds is 8. The first-order valence-electron chi connectivity index (χ1n) is 10.6. The predicted molar refractivity (Wildman–Crippen MR) is 110 cm³/mol. The maximum Gasteiger partial charge on any atom is 0.226 e. The second kappa shape index (κ2) is 8.39. The minimum Gasteiger partial charge on any atom is -0.371 e. The summed E-state index contributed by atoms with van der Waals surface area (Å²) in [6.45, 7) is 2.49. The molecule has 1 amide bonds. The largest absolute Gasteiger partial charge is 0.371 e. The van der Waals surface area contributed by atoms with Gasteiger partial charge in [0.25, 0.3) is 0 Å². The van der Waals surface area contributed by atoms with Gasteiger partial charge in [-0.05, 0) is 30.9 Å². The van der Waals surface area contributed by atoms with Gasteiger partial charge in [0.1, 0.15) is 18.3 Å². The van der Waals surface area contributed by atoms with Crippen molar-refractivity contribution in [1.82, 2.24) is 29.9 Å². The number of hydrogen-bond donors (Lipinski definition) is 1. The maximum atomic E-state index is 12.9. The summed E-state index contributed by atoms with van der Waals surface area (Å²) in [7, 11) is 0. The lowest BCUT2D eigenvalue weighted by Gasteiger charge is -2.20. The lowest BCUT2D eigenvalue weighted by atomic mass is 9.98. The van der Waals surface area contributed by atoms with Crippen molar-refractivity contribution in [3.63, 3.8) is 0 Å². The third-order valence-electron chi connectivity index (χ3n) is 5.88. The Hall–Kier alpha value is -3.00. The van der Waals surface area contributed by atoms with E-state index in [-0.39, 0.29) is 17.9 Å². The van der Waals surface area contributed by atoms with Crippen LogP contribution in [0.2, 0.25) is 0 Å². The lowest BCUT2D eigenvalue weighted by Crippen LogP contribution is -2.35. The standard InChI is InChI=1S/C22H26N6O2/c29-22(23-11-12-27-15-24-26-21(27)17-6-7-17)18-9-13-30-20(18)19-8-10-25-28(19)14-16-4-2-1-3-5-16/h1-5,8,10,15,17-18,20H,6-7,9,11-14H2,(H,23,29)/t18-,20-/m0/s1. The van der Waals surface area contributed by atoms with E-state index in [2.05, 4.69) is 37.3 Å². The topological polar surface area (TPSA) is 86.9 Å². The van der Waals surface area contributed by atoms with Crippen LogP contribution in [0.15, 0.2) is 48.9 Å². The molecule has 1 aliphatic carbocycles. The normalized spacial score (nSPS) is 21.1. The second-order valence-corrected chi connectivity index (χ2v) is 8.03. The molecular weight excluding hydrogens is 380 g/mol. The van der Waals surface area contributed by atoms with Crippen molar-refractivity contribution in [3.8, 4) is 0 Å². The van der Waals surface area contributed by atoms with Gasteiger partial charge in [0.2, 0.25) is 5.91 Å². The molecule has 0 radical (unpaired) electrons. The second-order valence-electron chi connectivity index (χ2n) is 8.03. The van der Waals surface area contributed by atoms with Gasteiger partial charge in [-0.2, -0.15) is 5.10 Å². The van der Waals surface area contributed by atoms with Crippen LogP contribution < -0.4 is 5.32 Å². The number of benzene rings is 1. The molecule has 2 fully saturated rings. The Kier molecular flexibility index (Phi) is 5.31. The monoisotopic (exact) mass is 406 g/mol. The number of amides is 1. The van der Waals surface area contributed by atoms with Crippen LogP contribution in [0.25, 0.3) is 0 Å². The van der Waals surface area contributed by atoms with Crippen molar-refractivity contribution in [3.05, 3.63) is 66.0 Å². The number of aromatic nitrogens is 5. The Morgan fingerprint density at radius 3 is 2.87 bits per heavy atom. The highest BCUT2D eigenvalue weighted by molar-refractivity contribution is 5.79. The lowest BCUT2D eigenvalue weighted by molar-refractivity contribution is -0.126. The highest BCUT2D eigenvalue weighted by Crippen LogP contribution is 2.38. The van der Waals surface area contributed by atoms with Gasteiger partial charge in [-0.3, -0.25) is 9.48 Å². The number of nitrogens with zero attached hydrogens (tertiary/aromatic N) is 5. The summed E-state index contributed by atoms with van der Waals surface area (Å²) in [5.74, 6) is 1.41. The molecule has 0 spiro atoms. The fraction of sp³-hybridized carbons (Fsp3) is 0.455. The molecule has 3 aromatic rings. The van der Waals surface area contributed by atoms with Crippen molar-refractivity contribution in [2.24, 2.45) is 5.92 Å². The Morgan fingerprint density at radius 2 is 2.03 bits per heavy atom. The predicted octanol–water partition coefficient (Wildman–Crippen LogP) is 2.29. The van der Waals surface area contributed by atoms with Crippen LogP contribution in [0.1, 0.15) is 48.4 Å². The van der Waals surface area contributed by atoms with Crippen molar-refractivity contribution in [2.45, 2.75) is 44.4 Å². The van der Waals surface area contributed by atoms with Gasteiger partial charge in [0.15, 0.2) is 0 Å². The van der Waals surface area contributed by atoms with Gasteiger partial charge in [0, 0.05) is 31.8 Å².